The third-order valence-electron chi connectivity index (χ3n) is 4.61. The normalized spacial score (nSPS) is 19.2. The van der Waals surface area contributed by atoms with Gasteiger partial charge in [0.25, 0.3) is 0 Å². The maximum atomic E-state index is 12.2. The molecule has 0 aromatic heterocycles. The van der Waals surface area contributed by atoms with Crippen molar-refractivity contribution in [3.63, 3.8) is 0 Å². The Labute approximate surface area is 132 Å². The minimum Gasteiger partial charge on any atom is -0.350 e. The van der Waals surface area contributed by atoms with Gasteiger partial charge in [0, 0.05) is 6.42 Å². The second-order valence-electron chi connectivity index (χ2n) is 6.26. The van der Waals surface area contributed by atoms with Crippen molar-refractivity contribution in [2.45, 2.75) is 32.2 Å². The van der Waals surface area contributed by atoms with Crippen LogP contribution in [-0.2, 0) is 4.79 Å². The van der Waals surface area contributed by atoms with Gasteiger partial charge in [0.15, 0.2) is 0 Å². The number of nitrogens with one attached hydrogen (secondary N) is 2. The van der Waals surface area contributed by atoms with Crippen molar-refractivity contribution in [1.29, 1.82) is 0 Å². The quantitative estimate of drug-likeness (QED) is 0.888. The summed E-state index contributed by atoms with van der Waals surface area (Å²) in [5, 5.41) is 8.94. The summed E-state index contributed by atoms with van der Waals surface area (Å²) in [7, 11) is 0. The fourth-order valence-corrected chi connectivity index (χ4v) is 3.32. The van der Waals surface area contributed by atoms with E-state index in [1.54, 1.807) is 0 Å². The highest BCUT2D eigenvalue weighted by atomic mass is 16.1. The molecule has 3 rings (SSSR count). The molecule has 0 spiro atoms. The molecule has 0 bridgehead atoms. The lowest BCUT2D eigenvalue weighted by atomic mass is 9.99. The summed E-state index contributed by atoms with van der Waals surface area (Å²) in [5.74, 6) is 0.825. The van der Waals surface area contributed by atoms with Crippen molar-refractivity contribution >= 4 is 16.7 Å². The Morgan fingerprint density at radius 2 is 2.09 bits per heavy atom. The molecule has 1 aliphatic rings. The molecular formula is C19H24N2O. The van der Waals surface area contributed by atoms with Gasteiger partial charge in [0.2, 0.25) is 5.91 Å². The highest BCUT2D eigenvalue weighted by molar-refractivity contribution is 5.86. The number of hydrogen-bond donors (Lipinski definition) is 2. The van der Waals surface area contributed by atoms with Crippen LogP contribution in [0.1, 0.15) is 37.8 Å². The fraction of sp³-hybridized carbons (Fsp3) is 0.421. The van der Waals surface area contributed by atoms with Gasteiger partial charge in [-0.15, -0.1) is 0 Å². The summed E-state index contributed by atoms with van der Waals surface area (Å²) in [4.78, 5) is 12.2. The van der Waals surface area contributed by atoms with Crippen molar-refractivity contribution in [2.75, 3.05) is 13.1 Å². The molecule has 2 aromatic carbocycles. The largest absolute Gasteiger partial charge is 0.350 e. The van der Waals surface area contributed by atoms with E-state index < -0.39 is 0 Å². The lowest BCUT2D eigenvalue weighted by Gasteiger charge is -2.17. The summed E-state index contributed by atoms with van der Waals surface area (Å²) in [6.45, 7) is 4.22. The average molecular weight is 296 g/mol. The van der Waals surface area contributed by atoms with E-state index in [1.165, 1.54) is 22.8 Å². The monoisotopic (exact) mass is 296 g/mol. The number of hydrogen-bond acceptors (Lipinski definition) is 2. The molecule has 2 N–H and O–H groups in total. The maximum Gasteiger partial charge on any atom is 0.220 e. The van der Waals surface area contributed by atoms with E-state index in [-0.39, 0.29) is 11.9 Å². The Hall–Kier alpha value is -1.87. The van der Waals surface area contributed by atoms with Crippen LogP contribution < -0.4 is 10.6 Å². The number of carbonyl (C=O) groups excluding carboxylic acids is 1. The average Bonchev–Trinajstić information content (AvgIpc) is 3.06. The molecule has 0 radical (unpaired) electrons. The van der Waals surface area contributed by atoms with Gasteiger partial charge in [-0.1, -0.05) is 42.5 Å². The highest BCUT2D eigenvalue weighted by Gasteiger charge is 2.17. The number of fused-ring (bicyclic) bond motifs is 1. The van der Waals surface area contributed by atoms with E-state index in [2.05, 4.69) is 47.9 Å². The van der Waals surface area contributed by atoms with Crippen LogP contribution in [0, 0.1) is 5.92 Å². The molecular weight excluding hydrogens is 272 g/mol. The van der Waals surface area contributed by atoms with Crippen LogP contribution in [0.3, 0.4) is 0 Å². The van der Waals surface area contributed by atoms with E-state index >= 15 is 0 Å². The van der Waals surface area contributed by atoms with Crippen LogP contribution in [-0.4, -0.2) is 19.0 Å². The van der Waals surface area contributed by atoms with Crippen LogP contribution in [0.5, 0.6) is 0 Å². The van der Waals surface area contributed by atoms with Gasteiger partial charge in [-0.25, -0.2) is 0 Å². The highest BCUT2D eigenvalue weighted by Crippen LogP contribution is 2.24. The Morgan fingerprint density at radius 3 is 2.91 bits per heavy atom. The second kappa shape index (κ2) is 6.93. The maximum absolute atomic E-state index is 12.2. The Balaban J connectivity index is 1.62. The van der Waals surface area contributed by atoms with Crippen molar-refractivity contribution in [3.8, 4) is 0 Å². The van der Waals surface area contributed by atoms with Crippen LogP contribution in [0.2, 0.25) is 0 Å². The Bertz CT molecular complexity index is 641. The summed E-state index contributed by atoms with van der Waals surface area (Å²) >= 11 is 0. The lowest BCUT2D eigenvalue weighted by Crippen LogP contribution is -2.27. The zero-order chi connectivity index (χ0) is 15.4. The van der Waals surface area contributed by atoms with Crippen LogP contribution >= 0.6 is 0 Å². The van der Waals surface area contributed by atoms with Gasteiger partial charge in [-0.3, -0.25) is 4.79 Å². The van der Waals surface area contributed by atoms with Gasteiger partial charge in [-0.2, -0.15) is 0 Å². The number of rotatable bonds is 5. The number of benzene rings is 2. The van der Waals surface area contributed by atoms with Crippen LogP contribution in [0.25, 0.3) is 10.8 Å². The van der Waals surface area contributed by atoms with Crippen LogP contribution in [0.4, 0.5) is 0 Å². The van der Waals surface area contributed by atoms with Gasteiger partial charge >= 0.3 is 0 Å². The molecule has 2 unspecified atom stereocenters. The molecule has 3 nitrogen and oxygen atoms in total. The molecule has 1 fully saturated rings. The van der Waals surface area contributed by atoms with Gasteiger partial charge < -0.3 is 10.6 Å². The van der Waals surface area contributed by atoms with Crippen LogP contribution in [0.15, 0.2) is 42.5 Å². The van der Waals surface area contributed by atoms with E-state index in [4.69, 9.17) is 0 Å². The number of carbonyl (C=O) groups is 1. The van der Waals surface area contributed by atoms with E-state index in [0.29, 0.717) is 12.3 Å². The predicted octanol–water partition coefficient (Wildman–Crippen LogP) is 3.41. The minimum absolute atomic E-state index is 0.0419. The third-order valence-corrected chi connectivity index (χ3v) is 4.61. The van der Waals surface area contributed by atoms with Gasteiger partial charge in [-0.05, 0) is 55.1 Å². The molecule has 22 heavy (non-hydrogen) atoms. The van der Waals surface area contributed by atoms with Crippen molar-refractivity contribution in [3.05, 3.63) is 48.0 Å². The zero-order valence-corrected chi connectivity index (χ0v) is 13.1. The first kappa shape index (κ1) is 15.0. The van der Waals surface area contributed by atoms with Crippen molar-refractivity contribution < 1.29 is 4.79 Å². The molecule has 1 saturated heterocycles. The molecule has 116 valence electrons. The summed E-state index contributed by atoms with van der Waals surface area (Å²) in [6, 6.07) is 14.6. The third kappa shape index (κ3) is 3.47. The van der Waals surface area contributed by atoms with Crippen molar-refractivity contribution in [1.82, 2.24) is 10.6 Å². The Kier molecular flexibility index (Phi) is 4.74. The topological polar surface area (TPSA) is 41.1 Å². The molecule has 0 saturated carbocycles. The first-order valence-electron chi connectivity index (χ1n) is 8.22. The molecule has 3 heteroatoms. The molecule has 0 aliphatic carbocycles. The fourth-order valence-electron chi connectivity index (χ4n) is 3.32. The van der Waals surface area contributed by atoms with Crippen molar-refractivity contribution in [2.24, 2.45) is 5.92 Å². The molecule has 2 atom stereocenters. The predicted molar refractivity (Wildman–Crippen MR) is 90.7 cm³/mol. The summed E-state index contributed by atoms with van der Waals surface area (Å²) < 4.78 is 0. The Morgan fingerprint density at radius 1 is 1.27 bits per heavy atom. The molecule has 1 heterocycles. The first-order valence-corrected chi connectivity index (χ1v) is 8.22. The second-order valence-corrected chi connectivity index (χ2v) is 6.26. The van der Waals surface area contributed by atoms with Gasteiger partial charge in [0.1, 0.15) is 0 Å². The minimum atomic E-state index is 0.0419. The van der Waals surface area contributed by atoms with E-state index in [0.717, 1.165) is 19.5 Å². The first-order chi connectivity index (χ1) is 10.7. The zero-order valence-electron chi connectivity index (χ0n) is 13.1. The standard InChI is InChI=1S/C19H24N2O/c1-14(21-19(22)10-9-15-11-12-20-13-15)17-8-4-6-16-5-2-3-7-18(16)17/h2-8,14-15,20H,9-13H2,1H3,(H,21,22). The van der Waals surface area contributed by atoms with E-state index in [9.17, 15) is 4.79 Å². The number of amides is 1. The smallest absolute Gasteiger partial charge is 0.220 e. The SMILES string of the molecule is CC(NC(=O)CCC1CCNC1)c1cccc2ccccc12. The molecule has 1 aliphatic heterocycles. The lowest BCUT2D eigenvalue weighted by molar-refractivity contribution is -0.122. The van der Waals surface area contributed by atoms with E-state index in [1.807, 2.05) is 12.1 Å². The molecule has 1 amide bonds. The van der Waals surface area contributed by atoms with Gasteiger partial charge in [0.05, 0.1) is 6.04 Å². The molecule has 2 aromatic rings. The summed E-state index contributed by atoms with van der Waals surface area (Å²) in [6.07, 6.45) is 2.81. The summed E-state index contributed by atoms with van der Waals surface area (Å²) in [5.41, 5.74) is 1.19.